The minimum atomic E-state index is -0.539. The summed E-state index contributed by atoms with van der Waals surface area (Å²) in [5.74, 6) is 0.364. The molecule has 0 aliphatic rings. The van der Waals surface area contributed by atoms with Crippen LogP contribution in [0.4, 0.5) is 5.82 Å². The number of carbonyl (C=O) groups is 1. The van der Waals surface area contributed by atoms with Gasteiger partial charge in [-0.3, -0.25) is 4.57 Å². The maximum absolute atomic E-state index is 11.6. The highest BCUT2D eigenvalue weighted by molar-refractivity contribution is 9.10. The zero-order valence-electron chi connectivity index (χ0n) is 10.9. The van der Waals surface area contributed by atoms with Crippen LogP contribution in [0.5, 0.6) is 0 Å². The van der Waals surface area contributed by atoms with Crippen molar-refractivity contribution in [2.24, 2.45) is 0 Å². The van der Waals surface area contributed by atoms with E-state index in [9.17, 15) is 4.79 Å². The molecule has 0 radical (unpaired) electrons. The van der Waals surface area contributed by atoms with Gasteiger partial charge in [-0.1, -0.05) is 12.1 Å². The van der Waals surface area contributed by atoms with E-state index in [1.807, 2.05) is 25.1 Å². The van der Waals surface area contributed by atoms with Crippen LogP contribution in [-0.4, -0.2) is 22.6 Å². The highest BCUT2D eigenvalue weighted by Gasteiger charge is 2.21. The largest absolute Gasteiger partial charge is 0.464 e. The van der Waals surface area contributed by atoms with Crippen LogP contribution in [0.3, 0.4) is 0 Å². The fourth-order valence-electron chi connectivity index (χ4n) is 1.90. The number of imidazole rings is 1. The van der Waals surface area contributed by atoms with Gasteiger partial charge >= 0.3 is 5.97 Å². The normalized spacial score (nSPS) is 10.5. The molecule has 0 saturated heterocycles. The number of halogens is 1. The summed E-state index contributed by atoms with van der Waals surface area (Å²) < 4.78 is 7.31. The first-order valence-corrected chi connectivity index (χ1v) is 6.45. The van der Waals surface area contributed by atoms with Gasteiger partial charge in [-0.15, -0.1) is 0 Å². The third kappa shape index (κ3) is 2.23. The van der Waals surface area contributed by atoms with Crippen LogP contribution in [0.1, 0.15) is 21.9 Å². The molecule has 2 N–H and O–H groups in total. The lowest BCUT2D eigenvalue weighted by Gasteiger charge is -2.11. The molecule has 1 heterocycles. The second kappa shape index (κ2) is 5.05. The molecule has 0 aliphatic heterocycles. The van der Waals surface area contributed by atoms with E-state index in [0.717, 1.165) is 15.7 Å². The topological polar surface area (TPSA) is 70.1 Å². The minimum Gasteiger partial charge on any atom is -0.464 e. The maximum atomic E-state index is 11.6. The number of nitrogen functional groups attached to an aromatic ring is 1. The van der Waals surface area contributed by atoms with Crippen molar-refractivity contribution in [2.75, 3.05) is 12.8 Å². The highest BCUT2D eigenvalue weighted by atomic mass is 79.9. The Morgan fingerprint density at radius 1 is 1.42 bits per heavy atom. The van der Waals surface area contributed by atoms with Crippen LogP contribution in [0, 0.1) is 13.8 Å². The number of anilines is 1. The van der Waals surface area contributed by atoms with Gasteiger partial charge in [-0.25, -0.2) is 9.78 Å². The lowest BCUT2D eigenvalue weighted by Crippen LogP contribution is -2.08. The quantitative estimate of drug-likeness (QED) is 0.862. The second-order valence-corrected chi connectivity index (χ2v) is 4.92. The molecule has 2 aromatic rings. The van der Waals surface area contributed by atoms with Crippen LogP contribution >= 0.6 is 15.9 Å². The molecule has 2 rings (SSSR count). The van der Waals surface area contributed by atoms with Crippen molar-refractivity contribution in [1.82, 2.24) is 9.55 Å². The van der Waals surface area contributed by atoms with Crippen molar-refractivity contribution >= 4 is 27.7 Å². The van der Waals surface area contributed by atoms with Crippen molar-refractivity contribution in [3.05, 3.63) is 39.8 Å². The fraction of sp³-hybridized carbons (Fsp3) is 0.231. The number of carbonyl (C=O) groups excluding carboxylic acids is 1. The Labute approximate surface area is 119 Å². The van der Waals surface area contributed by atoms with E-state index in [2.05, 4.69) is 25.7 Å². The van der Waals surface area contributed by atoms with E-state index < -0.39 is 5.97 Å². The van der Waals surface area contributed by atoms with Gasteiger partial charge in [0, 0.05) is 4.47 Å². The lowest BCUT2D eigenvalue weighted by molar-refractivity contribution is 0.0596. The molecule has 1 aromatic heterocycles. The molecule has 0 aliphatic carbocycles. The first kappa shape index (κ1) is 13.6. The number of rotatable bonds is 2. The number of methoxy groups -OCH3 is 1. The standard InChI is InChI=1S/C13H14BrN3O2/c1-7-5-4-6-9(10(7)14)17-8(2)16-11(12(17)15)13(18)19-3/h4-6H,15H2,1-3H3. The number of ether oxygens (including phenoxy) is 1. The van der Waals surface area contributed by atoms with Crippen LogP contribution in [0.15, 0.2) is 22.7 Å². The second-order valence-electron chi connectivity index (χ2n) is 4.13. The number of aryl methyl sites for hydroxylation is 2. The Morgan fingerprint density at radius 3 is 2.74 bits per heavy atom. The summed E-state index contributed by atoms with van der Waals surface area (Å²) in [6, 6.07) is 5.81. The number of nitrogens with zero attached hydrogens (tertiary/aromatic N) is 2. The average molecular weight is 324 g/mol. The molecule has 0 spiro atoms. The summed E-state index contributed by atoms with van der Waals surface area (Å²) in [6.45, 7) is 3.77. The summed E-state index contributed by atoms with van der Waals surface area (Å²) in [6.07, 6.45) is 0. The Balaban J connectivity index is 2.67. The molecule has 5 nitrogen and oxygen atoms in total. The predicted octanol–water partition coefficient (Wildman–Crippen LogP) is 2.62. The molecular weight excluding hydrogens is 310 g/mol. The van der Waals surface area contributed by atoms with E-state index >= 15 is 0 Å². The molecule has 1 aromatic carbocycles. The van der Waals surface area contributed by atoms with E-state index in [4.69, 9.17) is 5.73 Å². The zero-order valence-corrected chi connectivity index (χ0v) is 12.5. The smallest absolute Gasteiger partial charge is 0.360 e. The number of benzene rings is 1. The molecule has 0 unspecified atom stereocenters. The third-order valence-corrected chi connectivity index (χ3v) is 3.90. The SMILES string of the molecule is COC(=O)c1nc(C)n(-c2cccc(C)c2Br)c1N. The van der Waals surface area contributed by atoms with Gasteiger partial charge < -0.3 is 10.5 Å². The minimum absolute atomic E-state index is 0.133. The summed E-state index contributed by atoms with van der Waals surface area (Å²) in [4.78, 5) is 15.8. The van der Waals surface area contributed by atoms with E-state index in [-0.39, 0.29) is 11.5 Å². The molecule has 6 heteroatoms. The Kier molecular flexibility index (Phi) is 3.61. The average Bonchev–Trinajstić information content (AvgIpc) is 2.68. The van der Waals surface area contributed by atoms with Crippen molar-refractivity contribution in [3.63, 3.8) is 0 Å². The van der Waals surface area contributed by atoms with Crippen molar-refractivity contribution < 1.29 is 9.53 Å². The molecular formula is C13H14BrN3O2. The number of hydrogen-bond acceptors (Lipinski definition) is 4. The Morgan fingerprint density at radius 2 is 2.11 bits per heavy atom. The molecule has 0 saturated carbocycles. The lowest BCUT2D eigenvalue weighted by atomic mass is 10.2. The van der Waals surface area contributed by atoms with Gasteiger partial charge in [-0.2, -0.15) is 0 Å². The van der Waals surface area contributed by atoms with Gasteiger partial charge in [-0.05, 0) is 41.4 Å². The fourth-order valence-corrected chi connectivity index (χ4v) is 2.35. The van der Waals surface area contributed by atoms with Crippen LogP contribution in [0.2, 0.25) is 0 Å². The van der Waals surface area contributed by atoms with Gasteiger partial charge in [0.05, 0.1) is 12.8 Å². The zero-order chi connectivity index (χ0) is 14.2. The maximum Gasteiger partial charge on any atom is 0.360 e. The van der Waals surface area contributed by atoms with Gasteiger partial charge in [0.15, 0.2) is 5.69 Å². The predicted molar refractivity (Wildman–Crippen MR) is 76.5 cm³/mol. The number of nitrogens with two attached hydrogens (primary N) is 1. The Hall–Kier alpha value is -1.82. The summed E-state index contributed by atoms with van der Waals surface area (Å²) in [5.41, 5.74) is 8.06. The summed E-state index contributed by atoms with van der Waals surface area (Å²) in [5, 5.41) is 0. The molecule has 0 bridgehead atoms. The van der Waals surface area contributed by atoms with Crippen molar-refractivity contribution in [1.29, 1.82) is 0 Å². The van der Waals surface area contributed by atoms with E-state index in [1.165, 1.54) is 7.11 Å². The van der Waals surface area contributed by atoms with Crippen LogP contribution < -0.4 is 5.73 Å². The van der Waals surface area contributed by atoms with Crippen LogP contribution in [-0.2, 0) is 4.74 Å². The Bertz CT molecular complexity index is 650. The van der Waals surface area contributed by atoms with Gasteiger partial charge in [0.2, 0.25) is 0 Å². The molecule has 19 heavy (non-hydrogen) atoms. The van der Waals surface area contributed by atoms with Crippen molar-refractivity contribution in [2.45, 2.75) is 13.8 Å². The molecule has 0 fully saturated rings. The molecule has 100 valence electrons. The third-order valence-electron chi connectivity index (χ3n) is 2.87. The number of esters is 1. The van der Waals surface area contributed by atoms with Gasteiger partial charge in [0.1, 0.15) is 11.6 Å². The first-order valence-electron chi connectivity index (χ1n) is 5.66. The number of hydrogen-bond donors (Lipinski definition) is 1. The summed E-state index contributed by atoms with van der Waals surface area (Å²) in [7, 11) is 1.30. The number of aromatic nitrogens is 2. The van der Waals surface area contributed by atoms with Gasteiger partial charge in [0.25, 0.3) is 0 Å². The molecule has 0 atom stereocenters. The summed E-state index contributed by atoms with van der Waals surface area (Å²) >= 11 is 3.53. The van der Waals surface area contributed by atoms with E-state index in [0.29, 0.717) is 5.82 Å². The highest BCUT2D eigenvalue weighted by Crippen LogP contribution is 2.29. The van der Waals surface area contributed by atoms with Crippen LogP contribution in [0.25, 0.3) is 5.69 Å². The first-order chi connectivity index (χ1) is 8.97. The monoisotopic (exact) mass is 323 g/mol. The van der Waals surface area contributed by atoms with Crippen molar-refractivity contribution in [3.8, 4) is 5.69 Å². The van der Waals surface area contributed by atoms with E-state index in [1.54, 1.807) is 11.5 Å². The molecule has 0 amide bonds.